The Morgan fingerprint density at radius 3 is 2.57 bits per heavy atom. The monoisotopic (exact) mass is 196 g/mol. The molecule has 2 N–H and O–H groups in total. The molecule has 0 aromatic carbocycles. The van der Waals surface area contributed by atoms with Crippen molar-refractivity contribution in [2.75, 3.05) is 19.6 Å². The Morgan fingerprint density at radius 2 is 2.14 bits per heavy atom. The number of carbonyl (C=O) groups is 1. The molecule has 4 aliphatic rings. The van der Waals surface area contributed by atoms with Gasteiger partial charge in [0.2, 0.25) is 5.91 Å². The fourth-order valence-corrected chi connectivity index (χ4v) is 3.03. The van der Waals surface area contributed by atoms with Gasteiger partial charge in [-0.3, -0.25) is 4.79 Å². The molecule has 2 bridgehead atoms. The molecule has 1 aliphatic carbocycles. The summed E-state index contributed by atoms with van der Waals surface area (Å²) in [5.41, 5.74) is -0.880. The maximum absolute atomic E-state index is 12.0. The van der Waals surface area contributed by atoms with E-state index in [-0.39, 0.29) is 11.4 Å². The van der Waals surface area contributed by atoms with E-state index in [9.17, 15) is 9.90 Å². The number of nitrogens with zero attached hydrogens (tertiary/aromatic N) is 1. The third-order valence-electron chi connectivity index (χ3n) is 3.76. The molecule has 4 nitrogen and oxygen atoms in total. The van der Waals surface area contributed by atoms with Crippen molar-refractivity contribution in [1.29, 1.82) is 0 Å². The van der Waals surface area contributed by atoms with Crippen LogP contribution in [0.5, 0.6) is 0 Å². The molecule has 3 heterocycles. The van der Waals surface area contributed by atoms with Gasteiger partial charge in [-0.05, 0) is 32.2 Å². The lowest BCUT2D eigenvalue weighted by Crippen LogP contribution is -2.68. The molecule has 1 saturated carbocycles. The minimum atomic E-state index is -0.645. The van der Waals surface area contributed by atoms with Crippen LogP contribution in [0.1, 0.15) is 19.8 Å². The molecule has 1 amide bonds. The van der Waals surface area contributed by atoms with Crippen LogP contribution in [-0.2, 0) is 4.79 Å². The summed E-state index contributed by atoms with van der Waals surface area (Å²) >= 11 is 0. The Kier molecular flexibility index (Phi) is 1.43. The Labute approximate surface area is 83.3 Å². The van der Waals surface area contributed by atoms with Crippen LogP contribution in [-0.4, -0.2) is 46.7 Å². The van der Waals surface area contributed by atoms with Crippen LogP contribution in [0.2, 0.25) is 0 Å². The summed E-state index contributed by atoms with van der Waals surface area (Å²) in [6.07, 6.45) is 2.01. The van der Waals surface area contributed by atoms with E-state index in [1.54, 1.807) is 11.8 Å². The first-order valence-electron chi connectivity index (χ1n) is 5.28. The lowest BCUT2D eigenvalue weighted by atomic mass is 9.72. The number of rotatable bonds is 1. The summed E-state index contributed by atoms with van der Waals surface area (Å²) in [4.78, 5) is 13.8. The number of hydrogen-bond donors (Lipinski definition) is 2. The van der Waals surface area contributed by atoms with E-state index in [4.69, 9.17) is 0 Å². The van der Waals surface area contributed by atoms with Crippen molar-refractivity contribution < 1.29 is 9.90 Å². The molecular formula is C10H16N2O2. The molecule has 0 radical (unpaired) electrons. The number of fused-ring (bicyclic) bond motifs is 1. The average Bonchev–Trinajstić information content (AvgIpc) is 2.55. The average molecular weight is 196 g/mol. The molecule has 0 aromatic heterocycles. The summed E-state index contributed by atoms with van der Waals surface area (Å²) in [5.74, 6) is 0.929. The minimum absolute atomic E-state index is 0.206. The largest absolute Gasteiger partial charge is 0.386 e. The number of likely N-dealkylation sites (tertiary alicyclic amines) is 1. The maximum atomic E-state index is 12.0. The second-order valence-corrected chi connectivity index (χ2v) is 5.40. The molecule has 78 valence electrons. The fourth-order valence-electron chi connectivity index (χ4n) is 3.03. The number of amides is 1. The maximum Gasteiger partial charge on any atom is 0.243 e. The predicted octanol–water partition coefficient (Wildman–Crippen LogP) is -0.668. The van der Waals surface area contributed by atoms with Crippen LogP contribution in [0.3, 0.4) is 0 Å². The zero-order valence-electron chi connectivity index (χ0n) is 8.42. The SMILES string of the molecule is CC1(O)CN(C(=O)C23CC(CN2)C3)C1. The van der Waals surface area contributed by atoms with Gasteiger partial charge in [0.15, 0.2) is 0 Å². The summed E-state index contributed by atoms with van der Waals surface area (Å²) in [6.45, 7) is 3.77. The lowest BCUT2D eigenvalue weighted by Gasteiger charge is -2.49. The van der Waals surface area contributed by atoms with E-state index >= 15 is 0 Å². The van der Waals surface area contributed by atoms with Gasteiger partial charge in [0, 0.05) is 0 Å². The van der Waals surface area contributed by atoms with Crippen LogP contribution in [0.25, 0.3) is 0 Å². The first kappa shape index (κ1) is 8.68. The molecule has 0 atom stereocenters. The van der Waals surface area contributed by atoms with Crippen molar-refractivity contribution in [3.05, 3.63) is 0 Å². The van der Waals surface area contributed by atoms with Crippen molar-refractivity contribution in [2.45, 2.75) is 30.9 Å². The summed E-state index contributed by atoms with van der Waals surface area (Å²) in [7, 11) is 0. The van der Waals surface area contributed by atoms with Gasteiger partial charge in [-0.25, -0.2) is 0 Å². The lowest BCUT2D eigenvalue weighted by molar-refractivity contribution is -0.161. The number of hydrogen-bond acceptors (Lipinski definition) is 3. The predicted molar refractivity (Wildman–Crippen MR) is 50.7 cm³/mol. The molecule has 0 spiro atoms. The van der Waals surface area contributed by atoms with Crippen LogP contribution in [0, 0.1) is 5.92 Å². The Hall–Kier alpha value is -0.610. The minimum Gasteiger partial charge on any atom is -0.386 e. The van der Waals surface area contributed by atoms with Crippen LogP contribution < -0.4 is 5.32 Å². The standard InChI is InChI=1S/C10H16N2O2/c1-9(14)5-12(6-9)8(13)10-2-7(3-10)4-11-10/h7,11,14H,2-6H2,1H3. The topological polar surface area (TPSA) is 52.6 Å². The quantitative estimate of drug-likeness (QED) is 0.585. The molecule has 3 aliphatic heterocycles. The Morgan fingerprint density at radius 1 is 1.50 bits per heavy atom. The van der Waals surface area contributed by atoms with Crippen LogP contribution >= 0.6 is 0 Å². The summed E-state index contributed by atoms with van der Waals surface area (Å²) in [5, 5.41) is 12.9. The third-order valence-corrected chi connectivity index (χ3v) is 3.76. The highest BCUT2D eigenvalue weighted by molar-refractivity contribution is 5.89. The van der Waals surface area contributed by atoms with Crippen LogP contribution in [0.15, 0.2) is 0 Å². The molecule has 4 fully saturated rings. The smallest absolute Gasteiger partial charge is 0.243 e. The molecular weight excluding hydrogens is 180 g/mol. The number of carbonyl (C=O) groups excluding carboxylic acids is 1. The van der Waals surface area contributed by atoms with Crippen molar-refractivity contribution >= 4 is 5.91 Å². The van der Waals surface area contributed by atoms with E-state index in [0.717, 1.165) is 25.3 Å². The van der Waals surface area contributed by atoms with Gasteiger partial charge in [-0.15, -0.1) is 0 Å². The Balaban J connectivity index is 1.67. The van der Waals surface area contributed by atoms with Gasteiger partial charge in [0.25, 0.3) is 0 Å². The van der Waals surface area contributed by atoms with Gasteiger partial charge in [0.05, 0.1) is 24.2 Å². The highest BCUT2D eigenvalue weighted by Gasteiger charge is 2.58. The van der Waals surface area contributed by atoms with Gasteiger partial charge in [-0.1, -0.05) is 0 Å². The van der Waals surface area contributed by atoms with Crippen molar-refractivity contribution in [1.82, 2.24) is 10.2 Å². The number of aliphatic hydroxyl groups is 1. The third kappa shape index (κ3) is 0.982. The first-order chi connectivity index (χ1) is 6.51. The van der Waals surface area contributed by atoms with E-state index < -0.39 is 5.60 Å². The molecule has 3 saturated heterocycles. The van der Waals surface area contributed by atoms with E-state index in [1.807, 2.05) is 0 Å². The number of nitrogens with one attached hydrogen (secondary N) is 1. The van der Waals surface area contributed by atoms with Gasteiger partial charge < -0.3 is 15.3 Å². The molecule has 14 heavy (non-hydrogen) atoms. The number of β-amino-alcohol motifs (C(OH)–C–C–N with tert-alkyl or cyclic N) is 1. The summed E-state index contributed by atoms with van der Waals surface area (Å²) in [6, 6.07) is 0. The van der Waals surface area contributed by atoms with Gasteiger partial charge >= 0.3 is 0 Å². The highest BCUT2D eigenvalue weighted by atomic mass is 16.3. The van der Waals surface area contributed by atoms with Gasteiger partial charge in [-0.2, -0.15) is 0 Å². The second-order valence-electron chi connectivity index (χ2n) is 5.40. The van der Waals surface area contributed by atoms with E-state index in [1.165, 1.54) is 0 Å². The second kappa shape index (κ2) is 2.31. The van der Waals surface area contributed by atoms with Crippen molar-refractivity contribution in [3.63, 3.8) is 0 Å². The van der Waals surface area contributed by atoms with Crippen molar-refractivity contribution in [2.24, 2.45) is 5.92 Å². The first-order valence-corrected chi connectivity index (χ1v) is 5.28. The highest BCUT2D eigenvalue weighted by Crippen LogP contribution is 2.45. The van der Waals surface area contributed by atoms with Crippen LogP contribution in [0.4, 0.5) is 0 Å². The van der Waals surface area contributed by atoms with Gasteiger partial charge in [0.1, 0.15) is 0 Å². The normalized spacial score (nSPS) is 43.0. The zero-order chi connectivity index (χ0) is 9.97. The molecule has 4 rings (SSSR count). The zero-order valence-corrected chi connectivity index (χ0v) is 8.42. The fraction of sp³-hybridized carbons (Fsp3) is 0.900. The van der Waals surface area contributed by atoms with Crippen molar-refractivity contribution in [3.8, 4) is 0 Å². The Bertz CT molecular complexity index is 281. The molecule has 0 unspecified atom stereocenters. The molecule has 0 aromatic rings. The summed E-state index contributed by atoms with van der Waals surface area (Å²) < 4.78 is 0. The van der Waals surface area contributed by atoms with E-state index in [0.29, 0.717) is 13.1 Å². The van der Waals surface area contributed by atoms with E-state index in [2.05, 4.69) is 5.32 Å². The molecule has 4 heteroatoms.